The molecule has 2 aromatic heterocycles. The van der Waals surface area contributed by atoms with Gasteiger partial charge in [0.2, 0.25) is 0 Å². The van der Waals surface area contributed by atoms with Crippen LogP contribution in [-0.4, -0.2) is 46.3 Å². The normalized spacial score (nSPS) is 23.1. The van der Waals surface area contributed by atoms with Crippen molar-refractivity contribution in [1.29, 1.82) is 0 Å². The molecule has 2 aliphatic heterocycles. The van der Waals surface area contributed by atoms with Crippen LogP contribution in [0.25, 0.3) is 0 Å². The fourth-order valence-corrected chi connectivity index (χ4v) is 3.64. The standard InChI is InChI=1S/C19H23N3O2/c1-2-8-21-17(5-1)12-22-14-19(15-22)10-18(6-9-24-19)23-13-16-4-3-7-20-11-16/h1-5,7-8,11,18H,6,9-10,12-15H2/t18-/m1/s1. The van der Waals surface area contributed by atoms with Crippen LogP contribution in [0.5, 0.6) is 0 Å². The fourth-order valence-electron chi connectivity index (χ4n) is 3.64. The summed E-state index contributed by atoms with van der Waals surface area (Å²) in [6, 6.07) is 10.1. The molecule has 4 rings (SSSR count). The Kier molecular flexibility index (Phi) is 4.56. The summed E-state index contributed by atoms with van der Waals surface area (Å²) in [7, 11) is 0. The van der Waals surface area contributed by atoms with Crippen LogP contribution in [0.4, 0.5) is 0 Å². The van der Waals surface area contributed by atoms with E-state index in [2.05, 4.69) is 27.0 Å². The maximum atomic E-state index is 6.10. The first-order valence-corrected chi connectivity index (χ1v) is 8.58. The predicted octanol–water partition coefficient (Wildman–Crippen LogP) is 2.43. The van der Waals surface area contributed by atoms with Crippen molar-refractivity contribution < 1.29 is 9.47 Å². The summed E-state index contributed by atoms with van der Waals surface area (Å²) < 4.78 is 12.2. The Hall–Kier alpha value is -1.82. The Morgan fingerprint density at radius 2 is 2.17 bits per heavy atom. The van der Waals surface area contributed by atoms with Gasteiger partial charge in [-0.2, -0.15) is 0 Å². The molecule has 1 atom stereocenters. The van der Waals surface area contributed by atoms with E-state index in [1.807, 2.05) is 30.6 Å². The molecule has 0 aliphatic carbocycles. The molecule has 5 nitrogen and oxygen atoms in total. The van der Waals surface area contributed by atoms with E-state index in [1.165, 1.54) is 0 Å². The van der Waals surface area contributed by atoms with Gasteiger partial charge in [-0.15, -0.1) is 0 Å². The molecule has 0 unspecified atom stereocenters. The summed E-state index contributed by atoms with van der Waals surface area (Å²) in [5, 5.41) is 0. The van der Waals surface area contributed by atoms with E-state index < -0.39 is 0 Å². The lowest BCUT2D eigenvalue weighted by molar-refractivity contribution is -0.200. The average molecular weight is 325 g/mol. The molecule has 0 radical (unpaired) electrons. The second-order valence-electron chi connectivity index (χ2n) is 6.78. The first kappa shape index (κ1) is 15.7. The molecule has 4 heterocycles. The zero-order valence-corrected chi connectivity index (χ0v) is 13.8. The second-order valence-corrected chi connectivity index (χ2v) is 6.78. The van der Waals surface area contributed by atoms with Gasteiger partial charge in [-0.3, -0.25) is 14.9 Å². The molecule has 0 N–H and O–H groups in total. The topological polar surface area (TPSA) is 47.5 Å². The summed E-state index contributed by atoms with van der Waals surface area (Å²) in [6.45, 7) is 4.25. The van der Waals surface area contributed by atoms with Crippen molar-refractivity contribution >= 4 is 0 Å². The molecule has 126 valence electrons. The van der Waals surface area contributed by atoms with Crippen molar-refractivity contribution in [2.45, 2.75) is 37.7 Å². The molecule has 2 aromatic rings. The van der Waals surface area contributed by atoms with Crippen LogP contribution in [0.15, 0.2) is 48.9 Å². The number of hydrogen-bond donors (Lipinski definition) is 0. The Labute approximate surface area is 142 Å². The predicted molar refractivity (Wildman–Crippen MR) is 90.2 cm³/mol. The highest BCUT2D eigenvalue weighted by Crippen LogP contribution is 2.36. The van der Waals surface area contributed by atoms with Crippen LogP contribution in [0.3, 0.4) is 0 Å². The van der Waals surface area contributed by atoms with E-state index in [-0.39, 0.29) is 11.7 Å². The molecule has 2 aliphatic rings. The van der Waals surface area contributed by atoms with Crippen LogP contribution in [0, 0.1) is 0 Å². The minimum absolute atomic E-state index is 0.0212. The third-order valence-electron chi connectivity index (χ3n) is 4.79. The highest BCUT2D eigenvalue weighted by Gasteiger charge is 2.47. The van der Waals surface area contributed by atoms with Crippen molar-refractivity contribution in [2.24, 2.45) is 0 Å². The van der Waals surface area contributed by atoms with Gasteiger partial charge in [-0.25, -0.2) is 0 Å². The van der Waals surface area contributed by atoms with Crippen molar-refractivity contribution in [2.75, 3.05) is 19.7 Å². The molecule has 2 fully saturated rings. The maximum absolute atomic E-state index is 6.10. The number of likely N-dealkylation sites (tertiary alicyclic amines) is 1. The number of rotatable bonds is 5. The Bertz CT molecular complexity index is 644. The van der Waals surface area contributed by atoms with Gasteiger partial charge in [-0.1, -0.05) is 12.1 Å². The number of pyridine rings is 2. The number of nitrogens with zero attached hydrogens (tertiary/aromatic N) is 3. The van der Waals surface area contributed by atoms with Crippen molar-refractivity contribution in [1.82, 2.24) is 14.9 Å². The van der Waals surface area contributed by atoms with E-state index in [0.717, 1.165) is 50.3 Å². The van der Waals surface area contributed by atoms with Gasteiger partial charge in [0.05, 0.1) is 24.0 Å². The molecular formula is C19H23N3O2. The lowest BCUT2D eigenvalue weighted by atomic mass is 9.84. The van der Waals surface area contributed by atoms with Crippen molar-refractivity contribution in [3.05, 3.63) is 60.2 Å². The second kappa shape index (κ2) is 6.97. The molecule has 24 heavy (non-hydrogen) atoms. The smallest absolute Gasteiger partial charge is 0.0959 e. The molecule has 1 spiro atoms. The number of aromatic nitrogens is 2. The molecule has 5 heteroatoms. The number of hydrogen-bond acceptors (Lipinski definition) is 5. The lowest BCUT2D eigenvalue weighted by Crippen LogP contribution is -2.65. The summed E-state index contributed by atoms with van der Waals surface area (Å²) in [5.74, 6) is 0. The van der Waals surface area contributed by atoms with Crippen LogP contribution >= 0.6 is 0 Å². The maximum Gasteiger partial charge on any atom is 0.0959 e. The third-order valence-corrected chi connectivity index (χ3v) is 4.79. The SMILES string of the molecule is c1ccc(CN2CC3(C[C@H](OCc4cccnc4)CCO3)C2)nc1. The van der Waals surface area contributed by atoms with Gasteiger partial charge >= 0.3 is 0 Å². The first-order valence-electron chi connectivity index (χ1n) is 8.58. The minimum Gasteiger partial charge on any atom is -0.373 e. The highest BCUT2D eigenvalue weighted by atomic mass is 16.5. The van der Waals surface area contributed by atoms with E-state index in [1.54, 1.807) is 6.20 Å². The van der Waals surface area contributed by atoms with Crippen LogP contribution < -0.4 is 0 Å². The van der Waals surface area contributed by atoms with Crippen molar-refractivity contribution in [3.63, 3.8) is 0 Å². The number of ether oxygens (including phenoxy) is 2. The summed E-state index contributed by atoms with van der Waals surface area (Å²) in [6.07, 6.45) is 7.74. The highest BCUT2D eigenvalue weighted by molar-refractivity contribution is 5.09. The first-order chi connectivity index (χ1) is 11.8. The van der Waals surface area contributed by atoms with Gasteiger partial charge in [0.25, 0.3) is 0 Å². The zero-order chi connectivity index (χ0) is 16.2. The molecule has 0 saturated carbocycles. The lowest BCUT2D eigenvalue weighted by Gasteiger charge is -2.53. The van der Waals surface area contributed by atoms with Gasteiger partial charge in [0.1, 0.15) is 0 Å². The minimum atomic E-state index is -0.0212. The van der Waals surface area contributed by atoms with Gasteiger partial charge in [0, 0.05) is 51.3 Å². The third kappa shape index (κ3) is 3.64. The molecule has 0 amide bonds. The van der Waals surface area contributed by atoms with Crippen molar-refractivity contribution in [3.8, 4) is 0 Å². The monoisotopic (exact) mass is 325 g/mol. The van der Waals surface area contributed by atoms with Crippen LogP contribution in [0.1, 0.15) is 24.1 Å². The fraction of sp³-hybridized carbons (Fsp3) is 0.474. The van der Waals surface area contributed by atoms with Gasteiger partial charge < -0.3 is 9.47 Å². The zero-order valence-electron chi connectivity index (χ0n) is 13.8. The largest absolute Gasteiger partial charge is 0.373 e. The van der Waals surface area contributed by atoms with E-state index in [4.69, 9.17) is 9.47 Å². The Balaban J connectivity index is 1.27. The van der Waals surface area contributed by atoms with Gasteiger partial charge in [0.15, 0.2) is 0 Å². The van der Waals surface area contributed by atoms with Crippen LogP contribution in [0.2, 0.25) is 0 Å². The van der Waals surface area contributed by atoms with Gasteiger partial charge in [-0.05, 0) is 30.2 Å². The Morgan fingerprint density at radius 1 is 1.21 bits per heavy atom. The molecular weight excluding hydrogens is 302 g/mol. The Morgan fingerprint density at radius 3 is 2.96 bits per heavy atom. The van der Waals surface area contributed by atoms with E-state index in [0.29, 0.717) is 6.61 Å². The van der Waals surface area contributed by atoms with E-state index in [9.17, 15) is 0 Å². The van der Waals surface area contributed by atoms with Crippen LogP contribution in [-0.2, 0) is 22.6 Å². The van der Waals surface area contributed by atoms with E-state index >= 15 is 0 Å². The average Bonchev–Trinajstić information content (AvgIpc) is 2.61. The molecule has 0 bridgehead atoms. The quantitative estimate of drug-likeness (QED) is 0.845. The summed E-state index contributed by atoms with van der Waals surface area (Å²) in [4.78, 5) is 10.9. The summed E-state index contributed by atoms with van der Waals surface area (Å²) in [5.41, 5.74) is 2.23. The summed E-state index contributed by atoms with van der Waals surface area (Å²) >= 11 is 0. The molecule has 0 aromatic carbocycles. The molecule has 2 saturated heterocycles.